The van der Waals surface area contributed by atoms with E-state index in [9.17, 15) is 28.8 Å². The molecule has 0 aliphatic carbocycles. The molecule has 5 amide bonds. The molecular formula is C29H23BrN4O7. The quantitative estimate of drug-likeness (QED) is 0.311. The van der Waals surface area contributed by atoms with Crippen molar-refractivity contribution in [3.63, 3.8) is 0 Å². The van der Waals surface area contributed by atoms with Crippen molar-refractivity contribution in [2.45, 2.75) is 20.8 Å². The van der Waals surface area contributed by atoms with E-state index in [2.05, 4.69) is 26.1 Å². The monoisotopic (exact) mass is 618 g/mol. The van der Waals surface area contributed by atoms with Crippen molar-refractivity contribution in [2.24, 2.45) is 0 Å². The van der Waals surface area contributed by atoms with Gasteiger partial charge in [-0.15, -0.1) is 0 Å². The summed E-state index contributed by atoms with van der Waals surface area (Å²) in [5, 5.41) is 3.10. The van der Waals surface area contributed by atoms with Crippen LogP contribution in [0.2, 0.25) is 0 Å². The van der Waals surface area contributed by atoms with Crippen LogP contribution < -0.4 is 25.6 Å². The molecule has 11 nitrogen and oxygen atoms in total. The maximum Gasteiger partial charge on any atom is 0.349 e. The van der Waals surface area contributed by atoms with Gasteiger partial charge < -0.3 is 14.6 Å². The lowest BCUT2D eigenvalue weighted by Crippen LogP contribution is -2.33. The Morgan fingerprint density at radius 1 is 0.878 bits per heavy atom. The highest BCUT2D eigenvalue weighted by molar-refractivity contribution is 9.12. The summed E-state index contributed by atoms with van der Waals surface area (Å²) < 4.78 is 5.48. The molecule has 2 aliphatic heterocycles. The van der Waals surface area contributed by atoms with Crippen molar-refractivity contribution in [1.29, 1.82) is 0 Å². The number of rotatable bonds is 7. The van der Waals surface area contributed by atoms with Crippen LogP contribution in [0.15, 0.2) is 73.9 Å². The average molecular weight is 619 g/mol. The molecule has 1 N–H and O–H groups in total. The molecular weight excluding hydrogens is 596 g/mol. The van der Waals surface area contributed by atoms with Crippen LogP contribution >= 0.6 is 15.9 Å². The van der Waals surface area contributed by atoms with Gasteiger partial charge in [0, 0.05) is 53.6 Å². The number of halogens is 1. The fourth-order valence-electron chi connectivity index (χ4n) is 4.69. The molecule has 0 fully saturated rings. The SMILES string of the molecule is CCN(CC)c1ccc2cc(C(=O)Nc3cc(N4C(=O)C=C(C)C4=O)cc(N4C(=O)C=C(Br)C4=O)c3)c(=O)oc2c1. The minimum Gasteiger partial charge on any atom is -0.422 e. The van der Waals surface area contributed by atoms with E-state index in [-0.39, 0.29) is 32.7 Å². The number of anilines is 4. The smallest absolute Gasteiger partial charge is 0.349 e. The minimum absolute atomic E-state index is 0.00173. The number of hydrogen-bond donors (Lipinski definition) is 1. The highest BCUT2D eigenvalue weighted by atomic mass is 79.9. The first kappa shape index (κ1) is 27.7. The van der Waals surface area contributed by atoms with Gasteiger partial charge in [0.05, 0.1) is 15.9 Å². The zero-order chi connectivity index (χ0) is 29.6. The van der Waals surface area contributed by atoms with Gasteiger partial charge in [0.1, 0.15) is 11.1 Å². The molecule has 0 atom stereocenters. The van der Waals surface area contributed by atoms with Crippen LogP contribution in [0.3, 0.4) is 0 Å². The van der Waals surface area contributed by atoms with Gasteiger partial charge in [-0.1, -0.05) is 0 Å². The topological polar surface area (TPSA) is 137 Å². The Morgan fingerprint density at radius 2 is 1.51 bits per heavy atom. The molecule has 3 heterocycles. The lowest BCUT2D eigenvalue weighted by molar-refractivity contribution is -0.121. The first-order valence-electron chi connectivity index (χ1n) is 12.6. The van der Waals surface area contributed by atoms with Crippen molar-refractivity contribution < 1.29 is 28.4 Å². The summed E-state index contributed by atoms with van der Waals surface area (Å²) >= 11 is 3.04. The number of imide groups is 2. The van der Waals surface area contributed by atoms with Gasteiger partial charge >= 0.3 is 5.63 Å². The Hall–Kier alpha value is -4.84. The second kappa shape index (κ2) is 10.6. The molecule has 2 aromatic carbocycles. The van der Waals surface area contributed by atoms with E-state index in [4.69, 9.17) is 4.42 Å². The Morgan fingerprint density at radius 3 is 2.07 bits per heavy atom. The molecule has 41 heavy (non-hydrogen) atoms. The fourth-order valence-corrected chi connectivity index (χ4v) is 5.06. The summed E-state index contributed by atoms with van der Waals surface area (Å²) in [4.78, 5) is 80.3. The number of benzene rings is 2. The van der Waals surface area contributed by atoms with Gasteiger partial charge in [-0.2, -0.15) is 0 Å². The van der Waals surface area contributed by atoms with Crippen LogP contribution in [0, 0.1) is 0 Å². The summed E-state index contributed by atoms with van der Waals surface area (Å²) in [6.07, 6.45) is 2.24. The number of carbonyl (C=O) groups is 5. The van der Waals surface area contributed by atoms with Crippen LogP contribution in [0.4, 0.5) is 22.7 Å². The molecule has 2 aliphatic rings. The van der Waals surface area contributed by atoms with E-state index in [1.807, 2.05) is 19.9 Å². The van der Waals surface area contributed by atoms with Gasteiger partial charge in [0.2, 0.25) is 0 Å². The molecule has 0 spiro atoms. The maximum absolute atomic E-state index is 13.3. The van der Waals surface area contributed by atoms with Crippen molar-refractivity contribution in [2.75, 3.05) is 33.1 Å². The predicted octanol–water partition coefficient (Wildman–Crippen LogP) is 3.86. The summed E-state index contributed by atoms with van der Waals surface area (Å²) in [6, 6.07) is 10.7. The molecule has 3 aromatic rings. The second-order valence-electron chi connectivity index (χ2n) is 9.31. The predicted molar refractivity (Wildman–Crippen MR) is 156 cm³/mol. The third-order valence-corrected chi connectivity index (χ3v) is 7.32. The molecule has 5 rings (SSSR count). The van der Waals surface area contributed by atoms with Crippen LogP contribution in [0.1, 0.15) is 31.1 Å². The molecule has 0 saturated carbocycles. The Kier molecular flexibility index (Phi) is 7.18. The van der Waals surface area contributed by atoms with Crippen molar-refractivity contribution in [1.82, 2.24) is 0 Å². The van der Waals surface area contributed by atoms with Gasteiger partial charge in [-0.05, 0) is 73.1 Å². The van der Waals surface area contributed by atoms with Crippen molar-refractivity contribution in [3.8, 4) is 0 Å². The fraction of sp³-hybridized carbons (Fsp3) is 0.172. The molecule has 1 aromatic heterocycles. The zero-order valence-corrected chi connectivity index (χ0v) is 23.8. The number of hydrogen-bond acceptors (Lipinski definition) is 8. The third kappa shape index (κ3) is 4.97. The summed E-state index contributed by atoms with van der Waals surface area (Å²) in [6.45, 7) is 7.02. The third-order valence-electron chi connectivity index (χ3n) is 6.75. The second-order valence-corrected chi connectivity index (χ2v) is 10.2. The van der Waals surface area contributed by atoms with Gasteiger partial charge in [0.25, 0.3) is 29.5 Å². The minimum atomic E-state index is -0.870. The van der Waals surface area contributed by atoms with Gasteiger partial charge in [-0.3, -0.25) is 24.0 Å². The molecule has 208 valence electrons. The standard InChI is InChI=1S/C29H23BrN4O7/c1-4-32(5-2)18-7-6-16-9-21(29(40)41-23(16)13-18)26(37)31-17-10-19(33-24(35)8-15(3)27(33)38)12-20(11-17)34-25(36)14-22(30)28(34)39/h6-14H,4-5H2,1-3H3,(H,31,37). The van der Waals surface area contributed by atoms with Crippen LogP contribution in [0.25, 0.3) is 11.0 Å². The van der Waals surface area contributed by atoms with Crippen LogP contribution in [0.5, 0.6) is 0 Å². The van der Waals surface area contributed by atoms with E-state index in [1.54, 1.807) is 12.1 Å². The number of carbonyl (C=O) groups excluding carboxylic acids is 5. The van der Waals surface area contributed by atoms with Gasteiger partial charge in [0.15, 0.2) is 0 Å². The highest BCUT2D eigenvalue weighted by Crippen LogP contribution is 2.34. The van der Waals surface area contributed by atoms with Crippen LogP contribution in [-0.4, -0.2) is 42.6 Å². The summed E-state index contributed by atoms with van der Waals surface area (Å²) in [5.74, 6) is -3.38. The Labute approximate surface area is 241 Å². The van der Waals surface area contributed by atoms with E-state index in [0.29, 0.717) is 11.0 Å². The Balaban J connectivity index is 1.53. The summed E-state index contributed by atoms with van der Waals surface area (Å²) in [5.41, 5.74) is 0.259. The largest absolute Gasteiger partial charge is 0.422 e. The lowest BCUT2D eigenvalue weighted by atomic mass is 10.1. The molecule has 12 heteroatoms. The average Bonchev–Trinajstić information content (AvgIpc) is 3.34. The van der Waals surface area contributed by atoms with E-state index in [0.717, 1.165) is 40.7 Å². The highest BCUT2D eigenvalue weighted by Gasteiger charge is 2.34. The zero-order valence-electron chi connectivity index (χ0n) is 22.2. The van der Waals surface area contributed by atoms with Crippen molar-refractivity contribution in [3.05, 3.63) is 80.7 Å². The molecule has 0 saturated heterocycles. The first-order chi connectivity index (χ1) is 19.5. The number of nitrogens with one attached hydrogen (secondary N) is 1. The Bertz CT molecular complexity index is 1740. The van der Waals surface area contributed by atoms with Crippen LogP contribution in [-0.2, 0) is 19.2 Å². The van der Waals surface area contributed by atoms with Crippen molar-refractivity contribution >= 4 is 79.2 Å². The lowest BCUT2D eigenvalue weighted by Gasteiger charge is -2.21. The molecule has 0 unspecified atom stereocenters. The molecule has 0 radical (unpaired) electrons. The first-order valence-corrected chi connectivity index (χ1v) is 13.4. The van der Waals surface area contributed by atoms with E-state index in [1.165, 1.54) is 31.2 Å². The number of amides is 5. The summed E-state index contributed by atoms with van der Waals surface area (Å²) in [7, 11) is 0. The number of fused-ring (bicyclic) bond motifs is 1. The molecule has 0 bridgehead atoms. The van der Waals surface area contributed by atoms with E-state index < -0.39 is 35.2 Å². The maximum atomic E-state index is 13.3. The van der Waals surface area contributed by atoms with Gasteiger partial charge in [-0.25, -0.2) is 14.6 Å². The van der Waals surface area contributed by atoms with E-state index >= 15 is 0 Å². The normalized spacial score (nSPS) is 15.1. The number of nitrogens with zero attached hydrogens (tertiary/aromatic N) is 3.